The van der Waals surface area contributed by atoms with E-state index in [1.54, 1.807) is 0 Å². The fourth-order valence-electron chi connectivity index (χ4n) is 3.20. The predicted molar refractivity (Wildman–Crippen MR) is 102 cm³/mol. The summed E-state index contributed by atoms with van der Waals surface area (Å²) in [5.74, 6) is 2.77. The van der Waals surface area contributed by atoms with Crippen molar-refractivity contribution in [2.45, 2.75) is 83.3 Å². The normalized spacial score (nSPS) is 19.3. The zero-order valence-electron chi connectivity index (χ0n) is 14.3. The van der Waals surface area contributed by atoms with Crippen LogP contribution >= 0.6 is 34.4 Å². The van der Waals surface area contributed by atoms with E-state index in [1.165, 1.54) is 25.0 Å². The smallest absolute Gasteiger partial charge is 0.0205 e. The lowest BCUT2D eigenvalue weighted by Gasteiger charge is -2.48. The van der Waals surface area contributed by atoms with Crippen LogP contribution in [0.25, 0.3) is 0 Å². The van der Waals surface area contributed by atoms with Gasteiger partial charge >= 0.3 is 0 Å². The van der Waals surface area contributed by atoms with Crippen molar-refractivity contribution in [2.75, 3.05) is 5.75 Å². The van der Waals surface area contributed by atoms with Crippen molar-refractivity contribution in [2.24, 2.45) is 17.3 Å². The number of rotatable bonds is 9. The molecule has 0 aromatic carbocycles. The minimum Gasteiger partial charge on any atom is -0.155 e. The maximum absolute atomic E-state index is 2.62. The molecule has 19 heavy (non-hydrogen) atoms. The van der Waals surface area contributed by atoms with Crippen LogP contribution < -0.4 is 0 Å². The summed E-state index contributed by atoms with van der Waals surface area (Å²) < 4.78 is 1.22. The molecule has 0 fully saturated rings. The quantitative estimate of drug-likeness (QED) is 0.304. The zero-order valence-corrected chi connectivity index (χ0v) is 17.3. The predicted octanol–water partition coefficient (Wildman–Crippen LogP) is 6.81. The van der Waals surface area contributed by atoms with Gasteiger partial charge in [-0.3, -0.25) is 0 Å². The second kappa shape index (κ2) is 8.51. The van der Waals surface area contributed by atoms with Crippen LogP contribution in [0.15, 0.2) is 0 Å². The lowest BCUT2D eigenvalue weighted by molar-refractivity contribution is 0.165. The van der Waals surface area contributed by atoms with Gasteiger partial charge in [0, 0.05) is 8.67 Å². The summed E-state index contributed by atoms with van der Waals surface area (Å²) in [5, 5.41) is 0. The van der Waals surface area contributed by atoms with Crippen LogP contribution in [0, 0.1) is 17.3 Å². The molecule has 0 aliphatic heterocycles. The molecule has 0 aromatic rings. The molecule has 0 saturated carbocycles. The molecule has 0 spiro atoms. The van der Waals surface area contributed by atoms with Gasteiger partial charge in [-0.1, -0.05) is 71.1 Å². The Bertz CT molecular complexity index is 250. The summed E-state index contributed by atoms with van der Waals surface area (Å²) >= 11 is 4.78. The third kappa shape index (κ3) is 5.76. The van der Waals surface area contributed by atoms with Gasteiger partial charge in [-0.15, -0.1) is 0 Å². The van der Waals surface area contributed by atoms with Crippen LogP contribution in [0.3, 0.4) is 0 Å². The topological polar surface area (TPSA) is 0 Å². The molecule has 1 unspecified atom stereocenters. The van der Waals surface area contributed by atoms with E-state index in [4.69, 9.17) is 0 Å². The van der Waals surface area contributed by atoms with Gasteiger partial charge in [0.1, 0.15) is 0 Å². The van der Waals surface area contributed by atoms with Crippen molar-refractivity contribution in [3.05, 3.63) is 0 Å². The number of halogens is 1. The maximum Gasteiger partial charge on any atom is 0.0205 e. The van der Waals surface area contributed by atoms with Crippen LogP contribution in [0.1, 0.15) is 74.7 Å². The van der Waals surface area contributed by atoms with Gasteiger partial charge in [-0.2, -0.15) is 11.8 Å². The van der Waals surface area contributed by atoms with E-state index in [-0.39, 0.29) is 0 Å². The lowest BCUT2D eigenvalue weighted by Crippen LogP contribution is -2.44. The highest BCUT2D eigenvalue weighted by molar-refractivity contribution is 14.1. The van der Waals surface area contributed by atoms with E-state index in [9.17, 15) is 0 Å². The molecule has 2 heteroatoms. The van der Waals surface area contributed by atoms with E-state index in [1.807, 2.05) is 0 Å². The molecule has 0 aliphatic carbocycles. The first kappa shape index (κ1) is 20.1. The molecule has 0 aliphatic rings. The summed E-state index contributed by atoms with van der Waals surface area (Å²) in [7, 11) is 0. The lowest BCUT2D eigenvalue weighted by atomic mass is 9.68. The van der Waals surface area contributed by atoms with E-state index >= 15 is 0 Å². The standard InChI is InChI=1S/C17H35IS/c1-9-15(18)11-14(5)12-16(6,7)17(8,13(3)4)19-10-2/h13-15H,9-12H2,1-8H3/t14?,15-,17-/m0/s1. The molecular formula is C17H35IS. The number of hydrogen-bond donors (Lipinski definition) is 0. The molecule has 0 saturated heterocycles. The fraction of sp³-hybridized carbons (Fsp3) is 1.00. The van der Waals surface area contributed by atoms with E-state index in [2.05, 4.69) is 89.7 Å². The summed E-state index contributed by atoms with van der Waals surface area (Å²) in [5.41, 5.74) is 0.394. The summed E-state index contributed by atoms with van der Waals surface area (Å²) in [6.07, 6.45) is 4.01. The van der Waals surface area contributed by atoms with Gasteiger partial charge in [0.05, 0.1) is 0 Å². The largest absolute Gasteiger partial charge is 0.155 e. The van der Waals surface area contributed by atoms with Crippen LogP contribution in [-0.2, 0) is 0 Å². The second-order valence-electron chi connectivity index (χ2n) is 7.13. The van der Waals surface area contributed by atoms with Crippen molar-refractivity contribution in [1.29, 1.82) is 0 Å². The third-order valence-corrected chi connectivity index (χ3v) is 8.15. The van der Waals surface area contributed by atoms with Gasteiger partial charge in [-0.25, -0.2) is 0 Å². The first-order chi connectivity index (χ1) is 8.60. The average Bonchev–Trinajstić information content (AvgIpc) is 2.27. The second-order valence-corrected chi connectivity index (χ2v) is 10.6. The Labute approximate surface area is 140 Å². The van der Waals surface area contributed by atoms with Gasteiger partial charge in [0.15, 0.2) is 0 Å². The Kier molecular flexibility index (Phi) is 8.99. The Morgan fingerprint density at radius 1 is 1.05 bits per heavy atom. The molecule has 0 heterocycles. The molecule has 0 bridgehead atoms. The molecule has 116 valence electrons. The van der Waals surface area contributed by atoms with Gasteiger partial charge in [0.2, 0.25) is 0 Å². The van der Waals surface area contributed by atoms with Crippen molar-refractivity contribution in [3.63, 3.8) is 0 Å². The molecule has 3 atom stereocenters. The molecule has 0 N–H and O–H groups in total. The molecule has 0 radical (unpaired) electrons. The summed E-state index contributed by atoms with van der Waals surface area (Å²) in [6, 6.07) is 0. The van der Waals surface area contributed by atoms with Crippen molar-refractivity contribution < 1.29 is 0 Å². The summed E-state index contributed by atoms with van der Waals surface area (Å²) in [4.78, 5) is 0. The van der Waals surface area contributed by atoms with E-state index in [0.29, 0.717) is 10.2 Å². The van der Waals surface area contributed by atoms with E-state index in [0.717, 1.165) is 15.8 Å². The molecule has 0 aromatic heterocycles. The molecule has 0 nitrogen and oxygen atoms in total. The Morgan fingerprint density at radius 2 is 1.58 bits per heavy atom. The number of hydrogen-bond acceptors (Lipinski definition) is 1. The zero-order chi connectivity index (χ0) is 15.3. The minimum absolute atomic E-state index is 0.378. The summed E-state index contributed by atoms with van der Waals surface area (Å²) in [6.45, 7) is 19.3. The first-order valence-electron chi connectivity index (χ1n) is 7.88. The Hall–Kier alpha value is 1.08. The minimum atomic E-state index is 0.378. The number of alkyl halides is 1. The third-order valence-electron chi connectivity index (χ3n) is 4.85. The molecule has 0 rings (SSSR count). The fourth-order valence-corrected chi connectivity index (χ4v) is 5.48. The van der Waals surface area contributed by atoms with Gasteiger partial charge < -0.3 is 0 Å². The highest BCUT2D eigenvalue weighted by atomic mass is 127. The van der Waals surface area contributed by atoms with Crippen LogP contribution in [0.4, 0.5) is 0 Å². The van der Waals surface area contributed by atoms with Crippen molar-refractivity contribution in [1.82, 2.24) is 0 Å². The van der Waals surface area contributed by atoms with Crippen LogP contribution in [0.5, 0.6) is 0 Å². The maximum atomic E-state index is 2.62. The Morgan fingerprint density at radius 3 is 1.95 bits per heavy atom. The molecule has 0 amide bonds. The number of thioether (sulfide) groups is 1. The Balaban J connectivity index is 4.82. The monoisotopic (exact) mass is 398 g/mol. The SMILES string of the molecule is CCS[C@@](C)(C(C)C)C(C)(C)CC(C)C[C@@H](I)CC. The van der Waals surface area contributed by atoms with E-state index < -0.39 is 0 Å². The highest BCUT2D eigenvalue weighted by Crippen LogP contribution is 2.50. The van der Waals surface area contributed by atoms with Crippen LogP contribution in [0.2, 0.25) is 0 Å². The molecular weight excluding hydrogens is 363 g/mol. The van der Waals surface area contributed by atoms with Gasteiger partial charge in [0.25, 0.3) is 0 Å². The van der Waals surface area contributed by atoms with Crippen LogP contribution in [-0.4, -0.2) is 14.4 Å². The first-order valence-corrected chi connectivity index (χ1v) is 10.1. The highest BCUT2D eigenvalue weighted by Gasteiger charge is 2.43. The van der Waals surface area contributed by atoms with Gasteiger partial charge in [-0.05, 0) is 49.2 Å². The average molecular weight is 398 g/mol. The van der Waals surface area contributed by atoms with Crippen molar-refractivity contribution in [3.8, 4) is 0 Å². The van der Waals surface area contributed by atoms with Crippen molar-refractivity contribution >= 4 is 34.4 Å².